The number of aliphatic hydroxyl groups is 2. The summed E-state index contributed by atoms with van der Waals surface area (Å²) in [5, 5.41) is 19.7. The average Bonchev–Trinajstić information content (AvgIpc) is 3.19. The van der Waals surface area contributed by atoms with Gasteiger partial charge in [-0.3, -0.25) is 0 Å². The summed E-state index contributed by atoms with van der Waals surface area (Å²) in [5.41, 5.74) is 0.533. The van der Waals surface area contributed by atoms with E-state index in [0.29, 0.717) is 49.1 Å². The van der Waals surface area contributed by atoms with E-state index in [-0.39, 0.29) is 24.3 Å². The van der Waals surface area contributed by atoms with Crippen molar-refractivity contribution in [3.63, 3.8) is 0 Å². The number of hydrogen-bond acceptors (Lipinski definition) is 12. The molecule has 0 spiro atoms. The fraction of sp³-hybridized carbons (Fsp3) is 0.381. The molecule has 0 radical (unpaired) electrons. The van der Waals surface area contributed by atoms with E-state index in [1.807, 2.05) is 0 Å². The van der Waals surface area contributed by atoms with Crippen molar-refractivity contribution in [3.8, 4) is 23.0 Å². The Morgan fingerprint density at radius 2 is 0.833 bits per heavy atom. The predicted molar refractivity (Wildman–Crippen MR) is 201 cm³/mol. The summed E-state index contributed by atoms with van der Waals surface area (Å²) in [4.78, 5) is 47.4. The number of rotatable bonds is 26. The highest BCUT2D eigenvalue weighted by molar-refractivity contribution is 5.95. The maximum absolute atomic E-state index is 12.7. The smallest absolute Gasteiger partial charge is 0.343 e. The molecule has 54 heavy (non-hydrogen) atoms. The number of esters is 4. The topological polar surface area (TPSA) is 164 Å². The first kappa shape index (κ1) is 42.9. The first-order chi connectivity index (χ1) is 26.2. The highest BCUT2D eigenvalue weighted by atomic mass is 16.6. The molecule has 2 unspecified atom stereocenters. The number of ether oxygens (including phenoxy) is 6. The van der Waals surface area contributed by atoms with Crippen LogP contribution in [-0.2, 0) is 19.1 Å². The van der Waals surface area contributed by atoms with Crippen molar-refractivity contribution in [1.29, 1.82) is 0 Å². The van der Waals surface area contributed by atoms with E-state index in [0.717, 1.165) is 63.5 Å². The van der Waals surface area contributed by atoms with Gasteiger partial charge < -0.3 is 38.6 Å². The van der Waals surface area contributed by atoms with Crippen LogP contribution in [0.15, 0.2) is 98.1 Å². The van der Waals surface area contributed by atoms with Crippen molar-refractivity contribution in [2.24, 2.45) is 0 Å². The molecule has 0 heterocycles. The Morgan fingerprint density at radius 1 is 0.500 bits per heavy atom. The highest BCUT2D eigenvalue weighted by Gasteiger charge is 2.14. The van der Waals surface area contributed by atoms with Crippen LogP contribution >= 0.6 is 0 Å². The van der Waals surface area contributed by atoms with Crippen LogP contribution in [-0.4, -0.2) is 72.7 Å². The van der Waals surface area contributed by atoms with Crippen LogP contribution in [0.3, 0.4) is 0 Å². The van der Waals surface area contributed by atoms with Crippen LogP contribution in [0.5, 0.6) is 23.0 Å². The number of benzene rings is 3. The lowest BCUT2D eigenvalue weighted by molar-refractivity contribution is -0.141. The molecule has 290 valence electrons. The predicted octanol–water partition coefficient (Wildman–Crippen LogP) is 6.96. The Labute approximate surface area is 316 Å². The van der Waals surface area contributed by atoms with Crippen molar-refractivity contribution in [2.45, 2.75) is 76.4 Å². The van der Waals surface area contributed by atoms with Gasteiger partial charge in [-0.1, -0.05) is 51.7 Å². The van der Waals surface area contributed by atoms with E-state index >= 15 is 0 Å². The minimum absolute atomic E-state index is 0.0300. The molecule has 0 amide bonds. The molecule has 0 bridgehead atoms. The summed E-state index contributed by atoms with van der Waals surface area (Å²) < 4.78 is 32.1. The third-order valence-corrected chi connectivity index (χ3v) is 7.99. The summed E-state index contributed by atoms with van der Waals surface area (Å²) in [6.07, 6.45) is 8.83. The number of carbonyl (C=O) groups excluding carboxylic acids is 4. The Bertz CT molecular complexity index is 1480. The van der Waals surface area contributed by atoms with Crippen LogP contribution in [0.2, 0.25) is 0 Å². The Balaban J connectivity index is 1.28. The molecule has 3 aromatic carbocycles. The van der Waals surface area contributed by atoms with Gasteiger partial charge in [0, 0.05) is 12.2 Å². The molecule has 0 fully saturated rings. The van der Waals surface area contributed by atoms with Crippen LogP contribution in [0.4, 0.5) is 0 Å². The van der Waals surface area contributed by atoms with Crippen molar-refractivity contribution in [1.82, 2.24) is 0 Å². The summed E-state index contributed by atoms with van der Waals surface area (Å²) in [5.74, 6) is -0.269. The number of hydrogen-bond donors (Lipinski definition) is 2. The molecular formula is C42H50O12. The van der Waals surface area contributed by atoms with Gasteiger partial charge in [0.1, 0.15) is 36.2 Å². The Morgan fingerprint density at radius 3 is 1.19 bits per heavy atom. The number of unbranched alkanes of at least 4 members (excludes halogenated alkanes) is 6. The number of carbonyl (C=O) groups is 4. The van der Waals surface area contributed by atoms with Gasteiger partial charge in [0.15, 0.2) is 0 Å². The molecule has 0 aromatic heterocycles. The SMILES string of the molecule is C=CC(=O)OCC(O)CCCCCCOc1ccc(OC(=O)c2ccc(C(=O)Oc3ccc(OCCCCCCC(O)COC(=O)C=C)cc3)cc2)cc1. The molecule has 0 aliphatic heterocycles. The van der Waals surface area contributed by atoms with E-state index < -0.39 is 36.1 Å². The minimum atomic E-state index is -0.683. The molecule has 0 aliphatic carbocycles. The van der Waals surface area contributed by atoms with E-state index in [4.69, 9.17) is 28.4 Å². The maximum atomic E-state index is 12.7. The van der Waals surface area contributed by atoms with Crippen molar-refractivity contribution in [3.05, 3.63) is 109 Å². The minimum Gasteiger partial charge on any atom is -0.494 e. The lowest BCUT2D eigenvalue weighted by Crippen LogP contribution is -2.17. The molecule has 2 N–H and O–H groups in total. The van der Waals surface area contributed by atoms with Gasteiger partial charge in [0.25, 0.3) is 0 Å². The average molecular weight is 747 g/mol. The van der Waals surface area contributed by atoms with Crippen molar-refractivity contribution < 1.29 is 57.8 Å². The molecule has 0 saturated carbocycles. The third kappa shape index (κ3) is 17.4. The van der Waals surface area contributed by atoms with Gasteiger partial charge in [-0.2, -0.15) is 0 Å². The summed E-state index contributed by atoms with van der Waals surface area (Å²) in [6, 6.07) is 19.4. The third-order valence-electron chi connectivity index (χ3n) is 7.99. The van der Waals surface area contributed by atoms with Gasteiger partial charge in [-0.15, -0.1) is 0 Å². The second-order valence-electron chi connectivity index (χ2n) is 12.4. The van der Waals surface area contributed by atoms with Gasteiger partial charge >= 0.3 is 23.9 Å². The standard InChI is InChI=1S/C42H50O12/c1-3-39(45)51-29-33(43)13-9-5-7-11-27-49-35-19-23-37(24-20-35)53-41(47)31-15-17-32(18-16-31)42(48)54-38-25-21-36(22-26-38)50-28-12-8-6-10-14-34(44)30-52-40(46)4-2/h3-4,15-26,33-34,43-44H,1-2,5-14,27-30H2. The van der Waals surface area contributed by atoms with E-state index in [1.165, 1.54) is 24.3 Å². The maximum Gasteiger partial charge on any atom is 0.343 e. The molecule has 12 heteroatoms. The zero-order valence-corrected chi connectivity index (χ0v) is 30.5. The second kappa shape index (κ2) is 24.7. The van der Waals surface area contributed by atoms with Gasteiger partial charge in [-0.25, -0.2) is 19.2 Å². The lowest BCUT2D eigenvalue weighted by atomic mass is 10.1. The van der Waals surface area contributed by atoms with Gasteiger partial charge in [-0.05, 0) is 98.5 Å². The highest BCUT2D eigenvalue weighted by Crippen LogP contribution is 2.21. The Hall–Kier alpha value is -5.46. The lowest BCUT2D eigenvalue weighted by Gasteiger charge is -2.10. The quantitative estimate of drug-likeness (QED) is 0.0376. The first-order valence-corrected chi connectivity index (χ1v) is 18.1. The van der Waals surface area contributed by atoms with Gasteiger partial charge in [0.2, 0.25) is 0 Å². The van der Waals surface area contributed by atoms with E-state index in [1.54, 1.807) is 48.5 Å². The van der Waals surface area contributed by atoms with E-state index in [2.05, 4.69) is 13.2 Å². The normalized spacial score (nSPS) is 11.7. The second-order valence-corrected chi connectivity index (χ2v) is 12.4. The van der Waals surface area contributed by atoms with Crippen LogP contribution in [0.1, 0.15) is 84.9 Å². The first-order valence-electron chi connectivity index (χ1n) is 18.1. The van der Waals surface area contributed by atoms with Gasteiger partial charge in [0.05, 0.1) is 36.5 Å². The monoisotopic (exact) mass is 746 g/mol. The molecular weight excluding hydrogens is 696 g/mol. The van der Waals surface area contributed by atoms with E-state index in [9.17, 15) is 29.4 Å². The molecule has 0 aliphatic rings. The fourth-order valence-electron chi connectivity index (χ4n) is 4.97. The summed E-state index contributed by atoms with van der Waals surface area (Å²) >= 11 is 0. The van der Waals surface area contributed by atoms with Crippen LogP contribution < -0.4 is 18.9 Å². The van der Waals surface area contributed by atoms with Crippen LogP contribution in [0.25, 0.3) is 0 Å². The summed E-state index contributed by atoms with van der Waals surface area (Å²) in [6.45, 7) is 7.61. The molecule has 0 saturated heterocycles. The molecule has 3 rings (SSSR count). The zero-order chi connectivity index (χ0) is 39.0. The number of aliphatic hydroxyl groups excluding tert-OH is 2. The fourth-order valence-corrected chi connectivity index (χ4v) is 4.97. The largest absolute Gasteiger partial charge is 0.494 e. The zero-order valence-electron chi connectivity index (χ0n) is 30.5. The van der Waals surface area contributed by atoms with Crippen molar-refractivity contribution in [2.75, 3.05) is 26.4 Å². The van der Waals surface area contributed by atoms with Crippen LogP contribution in [0, 0.1) is 0 Å². The molecule has 3 aromatic rings. The summed E-state index contributed by atoms with van der Waals surface area (Å²) in [7, 11) is 0. The Kier molecular flexibility index (Phi) is 19.7. The molecule has 12 nitrogen and oxygen atoms in total. The van der Waals surface area contributed by atoms with Crippen molar-refractivity contribution >= 4 is 23.9 Å². The molecule has 2 atom stereocenters.